The highest BCUT2D eigenvalue weighted by Gasteiger charge is 2.31. The van der Waals surface area contributed by atoms with Gasteiger partial charge in [-0.3, -0.25) is 4.79 Å². The predicted molar refractivity (Wildman–Crippen MR) is 150 cm³/mol. The Morgan fingerprint density at radius 3 is 2.88 bits per heavy atom. The highest BCUT2D eigenvalue weighted by atomic mass is 19.1. The molecular formula is C29H32FN7O3. The molecule has 0 spiro atoms. The van der Waals surface area contributed by atoms with Gasteiger partial charge in [-0.05, 0) is 56.5 Å². The summed E-state index contributed by atoms with van der Waals surface area (Å²) in [6.07, 6.45) is 4.34. The third kappa shape index (κ3) is 4.54. The molecule has 2 aliphatic rings. The van der Waals surface area contributed by atoms with Crippen molar-refractivity contribution in [3.05, 3.63) is 59.9 Å². The highest BCUT2D eigenvalue weighted by molar-refractivity contribution is 6.08. The second-order valence-electron chi connectivity index (χ2n) is 10.1. The number of carbonyl (C=O) groups excluding carboxylic acids is 1. The fourth-order valence-electron chi connectivity index (χ4n) is 5.90. The molecule has 2 saturated heterocycles. The summed E-state index contributed by atoms with van der Waals surface area (Å²) in [4.78, 5) is 29.4. The summed E-state index contributed by atoms with van der Waals surface area (Å²) >= 11 is 0. The van der Waals surface area contributed by atoms with Crippen molar-refractivity contribution in [2.45, 2.75) is 38.3 Å². The Hall–Kier alpha value is -4.09. The molecular weight excluding hydrogens is 513 g/mol. The fourth-order valence-corrected chi connectivity index (χ4v) is 5.90. The Labute approximate surface area is 231 Å². The molecule has 2 aromatic carbocycles. The van der Waals surface area contributed by atoms with Gasteiger partial charge in [-0.25, -0.2) is 19.3 Å². The maximum Gasteiger partial charge on any atom is 0.274 e. The maximum absolute atomic E-state index is 14.7. The van der Waals surface area contributed by atoms with E-state index in [4.69, 9.17) is 20.2 Å². The summed E-state index contributed by atoms with van der Waals surface area (Å²) in [5.74, 6) is 0.270. The summed E-state index contributed by atoms with van der Waals surface area (Å²) in [6.45, 7) is 4.70. The molecule has 4 aromatic rings. The summed E-state index contributed by atoms with van der Waals surface area (Å²) in [5.41, 5.74) is 9.65. The zero-order valence-corrected chi connectivity index (χ0v) is 22.6. The molecule has 1 amide bonds. The van der Waals surface area contributed by atoms with Gasteiger partial charge in [0, 0.05) is 31.9 Å². The molecule has 2 fully saturated rings. The van der Waals surface area contributed by atoms with Crippen LogP contribution < -0.4 is 20.7 Å². The van der Waals surface area contributed by atoms with Crippen LogP contribution in [0.15, 0.2) is 42.6 Å². The number of nitrogens with one attached hydrogen (secondary N) is 1. The van der Waals surface area contributed by atoms with Crippen LogP contribution in [0.25, 0.3) is 22.4 Å². The molecule has 2 atom stereocenters. The Morgan fingerprint density at radius 1 is 1.23 bits per heavy atom. The molecule has 10 nitrogen and oxygen atoms in total. The van der Waals surface area contributed by atoms with Crippen molar-refractivity contribution in [1.29, 1.82) is 0 Å². The van der Waals surface area contributed by atoms with Gasteiger partial charge in [0.25, 0.3) is 5.91 Å². The van der Waals surface area contributed by atoms with Gasteiger partial charge in [0.2, 0.25) is 0 Å². The van der Waals surface area contributed by atoms with Crippen LogP contribution in [0.4, 0.5) is 15.8 Å². The number of carbonyl (C=O) groups is 1. The number of nitrogens with zero attached hydrogens (tertiary/aromatic N) is 5. The lowest BCUT2D eigenvalue weighted by molar-refractivity contribution is 0.102. The molecule has 4 heterocycles. The average Bonchev–Trinajstić information content (AvgIpc) is 3.72. The van der Waals surface area contributed by atoms with E-state index in [1.54, 1.807) is 12.1 Å². The van der Waals surface area contributed by atoms with Gasteiger partial charge in [0.05, 0.1) is 42.2 Å². The SMILES string of the molecule is COc1cccc(F)c1-c1nccc(C(=O)Nc2ccc3c(nc(C)n3[C@H]3CCOC3)c2N2CCC[C@H]2CN)n1. The van der Waals surface area contributed by atoms with Crippen molar-refractivity contribution >= 4 is 28.3 Å². The molecule has 0 unspecified atom stereocenters. The van der Waals surface area contributed by atoms with E-state index in [-0.39, 0.29) is 34.9 Å². The molecule has 3 N–H and O–H groups in total. The number of hydrogen-bond acceptors (Lipinski definition) is 8. The number of anilines is 2. The van der Waals surface area contributed by atoms with Crippen molar-refractivity contribution in [3.8, 4) is 17.1 Å². The van der Waals surface area contributed by atoms with Gasteiger partial charge in [-0.1, -0.05) is 6.07 Å². The number of halogens is 1. The smallest absolute Gasteiger partial charge is 0.274 e. The number of ether oxygens (including phenoxy) is 2. The summed E-state index contributed by atoms with van der Waals surface area (Å²) in [5, 5.41) is 3.05. The molecule has 2 aromatic heterocycles. The number of fused-ring (bicyclic) bond motifs is 1. The Bertz CT molecular complexity index is 1570. The van der Waals surface area contributed by atoms with Crippen molar-refractivity contribution < 1.29 is 18.7 Å². The largest absolute Gasteiger partial charge is 0.496 e. The lowest BCUT2D eigenvalue weighted by Gasteiger charge is -2.28. The summed E-state index contributed by atoms with van der Waals surface area (Å²) in [6, 6.07) is 10.2. The van der Waals surface area contributed by atoms with E-state index >= 15 is 0 Å². The van der Waals surface area contributed by atoms with Crippen LogP contribution in [0, 0.1) is 12.7 Å². The number of aryl methyl sites for hydroxylation is 1. The van der Waals surface area contributed by atoms with Crippen LogP contribution in [0.5, 0.6) is 5.75 Å². The van der Waals surface area contributed by atoms with Gasteiger partial charge in [-0.2, -0.15) is 0 Å². The van der Waals surface area contributed by atoms with Crippen molar-refractivity contribution in [2.24, 2.45) is 5.73 Å². The van der Waals surface area contributed by atoms with Gasteiger partial charge in [0.1, 0.15) is 28.6 Å². The number of benzene rings is 2. The standard InChI is InChI=1S/C29H32FN7O3/c1-17-33-26-23(37(17)19-11-14-40-16-19)9-8-21(27(26)36-13-4-5-18(36)15-31)35-29(38)22-10-12-32-28(34-22)25-20(30)6-3-7-24(25)39-2/h3,6-10,12,18-19H,4-5,11,13-16,31H2,1-2H3,(H,35,38)/t18-,19-/m0/s1. The van der Waals surface area contributed by atoms with E-state index in [0.29, 0.717) is 18.8 Å². The molecule has 6 rings (SSSR count). The lowest BCUT2D eigenvalue weighted by atomic mass is 10.1. The number of amides is 1. The average molecular weight is 546 g/mol. The van der Waals surface area contributed by atoms with Crippen LogP contribution >= 0.6 is 0 Å². The van der Waals surface area contributed by atoms with Crippen molar-refractivity contribution in [3.63, 3.8) is 0 Å². The minimum Gasteiger partial charge on any atom is -0.496 e. The van der Waals surface area contributed by atoms with E-state index in [1.165, 1.54) is 25.4 Å². The van der Waals surface area contributed by atoms with E-state index < -0.39 is 11.7 Å². The topological polar surface area (TPSA) is 120 Å². The molecule has 0 radical (unpaired) electrons. The minimum atomic E-state index is -0.537. The second kappa shape index (κ2) is 10.8. The summed E-state index contributed by atoms with van der Waals surface area (Å²) in [7, 11) is 1.45. The first kappa shape index (κ1) is 26.1. The molecule has 208 valence electrons. The lowest BCUT2D eigenvalue weighted by Crippen LogP contribution is -2.36. The predicted octanol–water partition coefficient (Wildman–Crippen LogP) is 4.09. The van der Waals surface area contributed by atoms with Gasteiger partial charge < -0.3 is 30.0 Å². The first-order chi connectivity index (χ1) is 19.5. The fraction of sp³-hybridized carbons (Fsp3) is 0.379. The van der Waals surface area contributed by atoms with Crippen molar-refractivity contribution in [2.75, 3.05) is 43.6 Å². The van der Waals surface area contributed by atoms with Gasteiger partial charge >= 0.3 is 0 Å². The Balaban J connectivity index is 1.41. The molecule has 11 heteroatoms. The van der Waals surface area contributed by atoms with E-state index in [0.717, 1.165) is 55.0 Å². The van der Waals surface area contributed by atoms with Crippen molar-refractivity contribution in [1.82, 2.24) is 19.5 Å². The molecule has 0 saturated carbocycles. The number of aromatic nitrogens is 4. The number of hydrogen-bond donors (Lipinski definition) is 2. The number of nitrogens with two attached hydrogens (primary N) is 1. The van der Waals surface area contributed by atoms with Gasteiger partial charge in [-0.15, -0.1) is 0 Å². The molecule has 40 heavy (non-hydrogen) atoms. The zero-order valence-electron chi connectivity index (χ0n) is 22.6. The molecule has 2 aliphatic heterocycles. The van der Waals surface area contributed by atoms with Crippen LogP contribution in [0.1, 0.15) is 41.6 Å². The second-order valence-corrected chi connectivity index (χ2v) is 10.1. The zero-order chi connectivity index (χ0) is 27.8. The monoisotopic (exact) mass is 545 g/mol. The number of rotatable bonds is 7. The van der Waals surface area contributed by atoms with Crippen LogP contribution in [0.3, 0.4) is 0 Å². The molecule has 0 aliphatic carbocycles. The van der Waals surface area contributed by atoms with E-state index in [9.17, 15) is 9.18 Å². The summed E-state index contributed by atoms with van der Waals surface area (Å²) < 4.78 is 27.9. The minimum absolute atomic E-state index is 0.0640. The maximum atomic E-state index is 14.7. The third-order valence-electron chi connectivity index (χ3n) is 7.77. The molecule has 0 bridgehead atoms. The quantitative estimate of drug-likeness (QED) is 0.356. The van der Waals surface area contributed by atoms with E-state index in [1.807, 2.05) is 19.1 Å². The Morgan fingerprint density at radius 2 is 2.10 bits per heavy atom. The third-order valence-corrected chi connectivity index (χ3v) is 7.77. The Kier molecular flexibility index (Phi) is 7.07. The van der Waals surface area contributed by atoms with Crippen LogP contribution in [-0.4, -0.2) is 64.9 Å². The van der Waals surface area contributed by atoms with Crippen LogP contribution in [0.2, 0.25) is 0 Å². The van der Waals surface area contributed by atoms with Gasteiger partial charge in [0.15, 0.2) is 5.82 Å². The number of methoxy groups -OCH3 is 1. The first-order valence-electron chi connectivity index (χ1n) is 13.5. The first-order valence-corrected chi connectivity index (χ1v) is 13.5. The number of imidazole rings is 1. The normalized spacial score (nSPS) is 18.9. The van der Waals surface area contributed by atoms with E-state index in [2.05, 4.69) is 24.8 Å². The highest BCUT2D eigenvalue weighted by Crippen LogP contribution is 2.40. The van der Waals surface area contributed by atoms with Crippen LogP contribution in [-0.2, 0) is 4.74 Å².